The van der Waals surface area contributed by atoms with Crippen LogP contribution in [0.2, 0.25) is 0 Å². The molecule has 3 aromatic rings. The molecule has 8 heteroatoms. The second-order valence-electron chi connectivity index (χ2n) is 6.25. The molecule has 1 atom stereocenters. The summed E-state index contributed by atoms with van der Waals surface area (Å²) < 4.78 is 26.2. The summed E-state index contributed by atoms with van der Waals surface area (Å²) in [5, 5.41) is 9.12. The number of halogens is 1. The Labute approximate surface area is 159 Å². The maximum Gasteiger partial charge on any atom is 0.200 e. The SMILES string of the molecule is O=C(CSc1nnc(-c2ccco2)n1C[C@@H]1CCCO1)c1ccc(F)cc1. The molecule has 1 aliphatic rings. The summed E-state index contributed by atoms with van der Waals surface area (Å²) in [6.07, 6.45) is 3.70. The fourth-order valence-corrected chi connectivity index (χ4v) is 3.83. The quantitative estimate of drug-likeness (QED) is 0.453. The smallest absolute Gasteiger partial charge is 0.200 e. The molecule has 27 heavy (non-hydrogen) atoms. The zero-order valence-corrected chi connectivity index (χ0v) is 15.3. The largest absolute Gasteiger partial charge is 0.461 e. The number of ketones is 1. The van der Waals surface area contributed by atoms with Gasteiger partial charge in [0.25, 0.3) is 0 Å². The number of hydrogen-bond acceptors (Lipinski definition) is 6. The maximum atomic E-state index is 13.0. The Hall–Kier alpha value is -2.45. The van der Waals surface area contributed by atoms with E-state index in [1.54, 1.807) is 12.3 Å². The van der Waals surface area contributed by atoms with Gasteiger partial charge in [0.1, 0.15) is 5.82 Å². The molecule has 0 N–H and O–H groups in total. The number of thioether (sulfide) groups is 1. The molecule has 0 amide bonds. The summed E-state index contributed by atoms with van der Waals surface area (Å²) in [4.78, 5) is 12.4. The van der Waals surface area contributed by atoms with E-state index < -0.39 is 0 Å². The van der Waals surface area contributed by atoms with E-state index in [-0.39, 0.29) is 23.5 Å². The molecule has 0 radical (unpaired) electrons. The van der Waals surface area contributed by atoms with Gasteiger partial charge in [-0.25, -0.2) is 4.39 Å². The fourth-order valence-electron chi connectivity index (χ4n) is 2.99. The molecule has 0 aliphatic carbocycles. The summed E-state index contributed by atoms with van der Waals surface area (Å²) in [5.41, 5.74) is 0.473. The Kier molecular flexibility index (Phi) is 5.35. The second kappa shape index (κ2) is 8.06. The van der Waals surface area contributed by atoms with Crippen molar-refractivity contribution >= 4 is 17.5 Å². The molecular weight excluding hydrogens is 369 g/mol. The van der Waals surface area contributed by atoms with Crippen molar-refractivity contribution in [1.29, 1.82) is 0 Å². The molecule has 0 saturated carbocycles. The molecule has 2 aromatic heterocycles. The third-order valence-electron chi connectivity index (χ3n) is 4.37. The van der Waals surface area contributed by atoms with Crippen molar-refractivity contribution in [1.82, 2.24) is 14.8 Å². The predicted molar refractivity (Wildman–Crippen MR) is 98.2 cm³/mol. The third-order valence-corrected chi connectivity index (χ3v) is 5.33. The number of Topliss-reactive ketones (excluding diaryl/α,β-unsaturated/α-hetero) is 1. The van der Waals surface area contributed by atoms with Crippen LogP contribution in [0.4, 0.5) is 4.39 Å². The minimum Gasteiger partial charge on any atom is -0.461 e. The van der Waals surface area contributed by atoms with Crippen LogP contribution in [-0.2, 0) is 11.3 Å². The highest BCUT2D eigenvalue weighted by Crippen LogP contribution is 2.27. The highest BCUT2D eigenvalue weighted by Gasteiger charge is 2.23. The Bertz CT molecular complexity index is 903. The molecule has 3 heterocycles. The van der Waals surface area contributed by atoms with Crippen LogP contribution in [0.5, 0.6) is 0 Å². The van der Waals surface area contributed by atoms with Crippen LogP contribution in [0.25, 0.3) is 11.6 Å². The molecule has 6 nitrogen and oxygen atoms in total. The Balaban J connectivity index is 1.52. The topological polar surface area (TPSA) is 70.2 Å². The summed E-state index contributed by atoms with van der Waals surface area (Å²) in [5.74, 6) is 0.974. The van der Waals surface area contributed by atoms with Crippen molar-refractivity contribution in [3.8, 4) is 11.6 Å². The first kappa shape index (κ1) is 17.9. The number of rotatable bonds is 7. The van der Waals surface area contributed by atoms with Gasteiger partial charge < -0.3 is 9.15 Å². The van der Waals surface area contributed by atoms with Gasteiger partial charge in [0, 0.05) is 12.2 Å². The zero-order chi connectivity index (χ0) is 18.6. The summed E-state index contributed by atoms with van der Waals surface area (Å²) >= 11 is 1.30. The van der Waals surface area contributed by atoms with E-state index in [4.69, 9.17) is 9.15 Å². The van der Waals surface area contributed by atoms with Crippen molar-refractivity contribution in [3.63, 3.8) is 0 Å². The van der Waals surface area contributed by atoms with Crippen molar-refractivity contribution in [2.45, 2.75) is 30.6 Å². The van der Waals surface area contributed by atoms with Gasteiger partial charge in [-0.1, -0.05) is 11.8 Å². The lowest BCUT2D eigenvalue weighted by atomic mass is 10.1. The first-order chi connectivity index (χ1) is 13.2. The molecule has 1 fully saturated rings. The highest BCUT2D eigenvalue weighted by atomic mass is 32.2. The van der Waals surface area contributed by atoms with E-state index >= 15 is 0 Å². The lowest BCUT2D eigenvalue weighted by Crippen LogP contribution is -2.17. The predicted octanol–water partition coefficient (Wildman–Crippen LogP) is 3.83. The van der Waals surface area contributed by atoms with Crippen LogP contribution in [0.15, 0.2) is 52.2 Å². The van der Waals surface area contributed by atoms with E-state index in [2.05, 4.69) is 10.2 Å². The van der Waals surface area contributed by atoms with E-state index in [1.165, 1.54) is 36.0 Å². The summed E-state index contributed by atoms with van der Waals surface area (Å²) in [6, 6.07) is 9.17. The summed E-state index contributed by atoms with van der Waals surface area (Å²) in [6.45, 7) is 1.37. The molecule has 0 bridgehead atoms. The first-order valence-electron chi connectivity index (χ1n) is 8.71. The van der Waals surface area contributed by atoms with Gasteiger partial charge in [0.05, 0.1) is 24.7 Å². The molecular formula is C19H18FN3O3S. The molecule has 0 unspecified atom stereocenters. The monoisotopic (exact) mass is 387 g/mol. The second-order valence-corrected chi connectivity index (χ2v) is 7.19. The minimum absolute atomic E-state index is 0.0915. The number of carbonyl (C=O) groups excluding carboxylic acids is 1. The van der Waals surface area contributed by atoms with Crippen molar-refractivity contribution in [2.24, 2.45) is 0 Å². The van der Waals surface area contributed by atoms with E-state index in [0.717, 1.165) is 19.4 Å². The first-order valence-corrected chi connectivity index (χ1v) is 9.69. The molecule has 1 aliphatic heterocycles. The zero-order valence-electron chi connectivity index (χ0n) is 14.5. The third kappa shape index (κ3) is 4.12. The average molecular weight is 387 g/mol. The summed E-state index contributed by atoms with van der Waals surface area (Å²) in [7, 11) is 0. The van der Waals surface area contributed by atoms with Gasteiger partial charge in [0.2, 0.25) is 5.82 Å². The molecule has 1 aromatic carbocycles. The van der Waals surface area contributed by atoms with Gasteiger partial charge in [-0.3, -0.25) is 9.36 Å². The number of carbonyl (C=O) groups is 1. The lowest BCUT2D eigenvalue weighted by Gasteiger charge is -2.13. The molecule has 4 rings (SSSR count). The van der Waals surface area contributed by atoms with Crippen LogP contribution >= 0.6 is 11.8 Å². The maximum absolute atomic E-state index is 13.0. The standard InChI is InChI=1S/C19H18FN3O3S/c20-14-7-5-13(6-8-14)16(24)12-27-19-22-21-18(17-4-2-10-26-17)23(19)11-15-3-1-9-25-15/h2,4-8,10,15H,1,3,9,11-12H2/t15-/m0/s1. The van der Waals surface area contributed by atoms with Crippen LogP contribution in [0.1, 0.15) is 23.2 Å². The average Bonchev–Trinajstić information content (AvgIpc) is 3.43. The number of benzene rings is 1. The fraction of sp³-hybridized carbons (Fsp3) is 0.316. The van der Waals surface area contributed by atoms with E-state index in [0.29, 0.717) is 28.8 Å². The Morgan fingerprint density at radius 2 is 2.11 bits per heavy atom. The van der Waals surface area contributed by atoms with E-state index in [1.807, 2.05) is 10.6 Å². The van der Waals surface area contributed by atoms with Gasteiger partial charge in [-0.15, -0.1) is 10.2 Å². The molecule has 140 valence electrons. The van der Waals surface area contributed by atoms with Crippen LogP contribution in [0, 0.1) is 5.82 Å². The number of hydrogen-bond donors (Lipinski definition) is 0. The van der Waals surface area contributed by atoms with Crippen molar-refractivity contribution in [2.75, 3.05) is 12.4 Å². The molecule has 0 spiro atoms. The highest BCUT2D eigenvalue weighted by molar-refractivity contribution is 7.99. The van der Waals surface area contributed by atoms with Crippen LogP contribution < -0.4 is 0 Å². The van der Waals surface area contributed by atoms with Gasteiger partial charge in [-0.2, -0.15) is 0 Å². The van der Waals surface area contributed by atoms with Crippen molar-refractivity contribution in [3.05, 3.63) is 54.0 Å². The normalized spacial score (nSPS) is 16.7. The van der Waals surface area contributed by atoms with Gasteiger partial charge in [0.15, 0.2) is 16.7 Å². The lowest BCUT2D eigenvalue weighted by molar-refractivity contribution is 0.0952. The minimum atomic E-state index is -0.362. The van der Waals surface area contributed by atoms with Crippen LogP contribution in [0.3, 0.4) is 0 Å². The number of furan rings is 1. The van der Waals surface area contributed by atoms with Gasteiger partial charge >= 0.3 is 0 Å². The van der Waals surface area contributed by atoms with E-state index in [9.17, 15) is 9.18 Å². The van der Waals surface area contributed by atoms with Gasteiger partial charge in [-0.05, 0) is 49.2 Å². The Morgan fingerprint density at radius 1 is 1.26 bits per heavy atom. The number of nitrogens with zero attached hydrogens (tertiary/aromatic N) is 3. The molecule has 1 saturated heterocycles. The number of ether oxygens (including phenoxy) is 1. The van der Waals surface area contributed by atoms with Crippen molar-refractivity contribution < 1.29 is 18.3 Å². The Morgan fingerprint density at radius 3 is 2.81 bits per heavy atom. The number of aromatic nitrogens is 3. The van der Waals surface area contributed by atoms with Crippen LogP contribution in [-0.4, -0.2) is 39.0 Å².